The lowest BCUT2D eigenvalue weighted by Gasteiger charge is -2.02. The zero-order valence-corrected chi connectivity index (χ0v) is 11.6. The predicted molar refractivity (Wildman–Crippen MR) is 79.2 cm³/mol. The largest absolute Gasteiger partial charge is 0.373 e. The molecular formula is C18H20O2. The molecule has 0 radical (unpaired) electrons. The number of aryl methyl sites for hydroxylation is 2. The van der Waals surface area contributed by atoms with Gasteiger partial charge in [-0.1, -0.05) is 67.1 Å². The van der Waals surface area contributed by atoms with Crippen molar-refractivity contribution in [2.75, 3.05) is 0 Å². The van der Waals surface area contributed by atoms with Crippen molar-refractivity contribution in [2.24, 2.45) is 0 Å². The van der Waals surface area contributed by atoms with Crippen LogP contribution in [-0.4, -0.2) is 6.15 Å². The standard InChI is InChI=1S/C17H20.CO2/c1-4-10-16(11-5-1)14-8-3-9-15-17-12-6-2-7-13-17;2-1-3/h1-2,4-7,10-13H,3,8-9,14-15H2;. The summed E-state index contributed by atoms with van der Waals surface area (Å²) in [6, 6.07) is 21.5. The first-order valence-electron chi connectivity index (χ1n) is 6.94. The van der Waals surface area contributed by atoms with Gasteiger partial charge >= 0.3 is 6.15 Å². The van der Waals surface area contributed by atoms with Crippen LogP contribution >= 0.6 is 0 Å². The number of hydrogen-bond donors (Lipinski definition) is 0. The summed E-state index contributed by atoms with van der Waals surface area (Å²) in [5, 5.41) is 0. The second kappa shape index (κ2) is 10.7. The van der Waals surface area contributed by atoms with Crippen molar-refractivity contribution in [3.05, 3.63) is 71.8 Å². The maximum atomic E-state index is 8.12. The lowest BCUT2D eigenvalue weighted by atomic mass is 10.0. The van der Waals surface area contributed by atoms with Crippen molar-refractivity contribution in [3.8, 4) is 0 Å². The normalized spacial score (nSPS) is 9.20. The average molecular weight is 268 g/mol. The third-order valence-corrected chi connectivity index (χ3v) is 3.12. The molecule has 0 saturated carbocycles. The van der Waals surface area contributed by atoms with Crippen LogP contribution in [0.1, 0.15) is 30.4 Å². The molecule has 0 spiro atoms. The van der Waals surface area contributed by atoms with Crippen LogP contribution in [0.15, 0.2) is 60.7 Å². The molecule has 0 aliphatic carbocycles. The molecule has 0 atom stereocenters. The quantitative estimate of drug-likeness (QED) is 0.740. The Morgan fingerprint density at radius 1 is 0.600 bits per heavy atom. The topological polar surface area (TPSA) is 34.1 Å². The molecule has 0 heterocycles. The maximum Gasteiger partial charge on any atom is 0.373 e. The molecule has 0 bridgehead atoms. The Bertz CT molecular complexity index is 444. The highest BCUT2D eigenvalue weighted by molar-refractivity contribution is 5.20. The highest BCUT2D eigenvalue weighted by atomic mass is 16.2. The van der Waals surface area contributed by atoms with Crippen LogP contribution in [0.25, 0.3) is 0 Å². The number of benzene rings is 2. The minimum atomic E-state index is 0.250. The predicted octanol–water partition coefficient (Wildman–Crippen LogP) is 4.06. The van der Waals surface area contributed by atoms with Gasteiger partial charge in [0.1, 0.15) is 0 Å². The zero-order chi connectivity index (χ0) is 14.5. The number of hydrogen-bond acceptors (Lipinski definition) is 2. The summed E-state index contributed by atoms with van der Waals surface area (Å²) >= 11 is 0. The van der Waals surface area contributed by atoms with Gasteiger partial charge in [0.05, 0.1) is 0 Å². The summed E-state index contributed by atoms with van der Waals surface area (Å²) in [4.78, 5) is 16.2. The molecule has 20 heavy (non-hydrogen) atoms. The maximum absolute atomic E-state index is 8.12. The first kappa shape index (κ1) is 15.9. The van der Waals surface area contributed by atoms with E-state index in [4.69, 9.17) is 9.59 Å². The van der Waals surface area contributed by atoms with Crippen LogP contribution in [0.4, 0.5) is 0 Å². The van der Waals surface area contributed by atoms with E-state index < -0.39 is 0 Å². The van der Waals surface area contributed by atoms with E-state index in [9.17, 15) is 0 Å². The molecule has 0 amide bonds. The van der Waals surface area contributed by atoms with Gasteiger partial charge in [0.2, 0.25) is 0 Å². The highest BCUT2D eigenvalue weighted by Gasteiger charge is 1.94. The van der Waals surface area contributed by atoms with Crippen molar-refractivity contribution in [3.63, 3.8) is 0 Å². The van der Waals surface area contributed by atoms with Gasteiger partial charge < -0.3 is 0 Å². The van der Waals surface area contributed by atoms with Crippen LogP contribution in [0.3, 0.4) is 0 Å². The summed E-state index contributed by atoms with van der Waals surface area (Å²) in [5.41, 5.74) is 2.93. The third-order valence-electron chi connectivity index (χ3n) is 3.12. The monoisotopic (exact) mass is 268 g/mol. The molecular weight excluding hydrogens is 248 g/mol. The molecule has 2 aromatic rings. The summed E-state index contributed by atoms with van der Waals surface area (Å²) in [6.45, 7) is 0. The molecule has 0 N–H and O–H groups in total. The smallest absolute Gasteiger partial charge is 0.186 e. The number of rotatable bonds is 6. The fourth-order valence-corrected chi connectivity index (χ4v) is 2.12. The second-order valence-corrected chi connectivity index (χ2v) is 4.62. The zero-order valence-electron chi connectivity index (χ0n) is 11.6. The van der Waals surface area contributed by atoms with Gasteiger partial charge in [-0.3, -0.25) is 0 Å². The molecule has 0 aliphatic heterocycles. The molecule has 2 aromatic carbocycles. The first-order chi connectivity index (χ1) is 9.86. The second-order valence-electron chi connectivity index (χ2n) is 4.62. The lowest BCUT2D eigenvalue weighted by molar-refractivity contribution is -0.191. The Morgan fingerprint density at radius 2 is 0.950 bits per heavy atom. The fourth-order valence-electron chi connectivity index (χ4n) is 2.12. The number of carbonyl (C=O) groups excluding carboxylic acids is 2. The highest BCUT2D eigenvalue weighted by Crippen LogP contribution is 2.09. The van der Waals surface area contributed by atoms with Crippen LogP contribution in [0.5, 0.6) is 0 Å². The minimum absolute atomic E-state index is 0.250. The first-order valence-corrected chi connectivity index (χ1v) is 6.94. The Labute approximate surface area is 120 Å². The lowest BCUT2D eigenvalue weighted by Crippen LogP contribution is -1.88. The summed E-state index contributed by atoms with van der Waals surface area (Å²) in [6.07, 6.45) is 6.61. The molecule has 0 aromatic heterocycles. The van der Waals surface area contributed by atoms with Gasteiger partial charge in [0.25, 0.3) is 0 Å². The van der Waals surface area contributed by atoms with Gasteiger partial charge in [-0.05, 0) is 36.8 Å². The van der Waals surface area contributed by atoms with Gasteiger partial charge in [0, 0.05) is 0 Å². The van der Waals surface area contributed by atoms with E-state index in [0.717, 1.165) is 0 Å². The van der Waals surface area contributed by atoms with Crippen LogP contribution in [0.2, 0.25) is 0 Å². The summed E-state index contributed by atoms with van der Waals surface area (Å²) in [5.74, 6) is 0. The molecule has 0 fully saturated rings. The van der Waals surface area contributed by atoms with Gasteiger partial charge in [-0.25, -0.2) is 0 Å². The SMILES string of the molecule is O=C=O.c1ccc(CCCCCc2ccccc2)cc1. The van der Waals surface area contributed by atoms with E-state index in [0.29, 0.717) is 0 Å². The van der Waals surface area contributed by atoms with Gasteiger partial charge in [-0.15, -0.1) is 0 Å². The van der Waals surface area contributed by atoms with Gasteiger partial charge in [0.15, 0.2) is 0 Å². The van der Waals surface area contributed by atoms with Crippen LogP contribution < -0.4 is 0 Å². The molecule has 0 aliphatic rings. The van der Waals surface area contributed by atoms with E-state index in [1.54, 1.807) is 0 Å². The van der Waals surface area contributed by atoms with Crippen molar-refractivity contribution in [1.82, 2.24) is 0 Å². The van der Waals surface area contributed by atoms with E-state index in [1.807, 2.05) is 0 Å². The van der Waals surface area contributed by atoms with E-state index in [1.165, 1.54) is 43.2 Å². The Balaban J connectivity index is 0.000000612. The molecule has 2 rings (SSSR count). The van der Waals surface area contributed by atoms with Crippen molar-refractivity contribution in [1.29, 1.82) is 0 Å². The van der Waals surface area contributed by atoms with E-state index >= 15 is 0 Å². The fraction of sp³-hybridized carbons (Fsp3) is 0.278. The molecule has 0 saturated heterocycles. The van der Waals surface area contributed by atoms with Crippen molar-refractivity contribution in [2.45, 2.75) is 32.1 Å². The molecule has 104 valence electrons. The average Bonchev–Trinajstić information content (AvgIpc) is 2.50. The Hall–Kier alpha value is -2.18. The molecule has 0 unspecified atom stereocenters. The third kappa shape index (κ3) is 7.30. The Kier molecular flexibility index (Phi) is 8.51. The van der Waals surface area contributed by atoms with E-state index in [-0.39, 0.29) is 6.15 Å². The number of unbranched alkanes of at least 4 members (excludes halogenated alkanes) is 2. The van der Waals surface area contributed by atoms with Gasteiger partial charge in [-0.2, -0.15) is 9.59 Å². The minimum Gasteiger partial charge on any atom is -0.186 e. The molecule has 2 heteroatoms. The van der Waals surface area contributed by atoms with Crippen LogP contribution in [0, 0.1) is 0 Å². The van der Waals surface area contributed by atoms with Crippen molar-refractivity contribution < 1.29 is 9.59 Å². The molecule has 2 nitrogen and oxygen atoms in total. The summed E-state index contributed by atoms with van der Waals surface area (Å²) in [7, 11) is 0. The summed E-state index contributed by atoms with van der Waals surface area (Å²) < 4.78 is 0. The van der Waals surface area contributed by atoms with Crippen molar-refractivity contribution >= 4 is 6.15 Å². The van der Waals surface area contributed by atoms with Crippen LogP contribution in [-0.2, 0) is 22.4 Å². The van der Waals surface area contributed by atoms with E-state index in [2.05, 4.69) is 60.7 Å². The Morgan fingerprint density at radius 3 is 1.30 bits per heavy atom.